The van der Waals surface area contributed by atoms with E-state index in [1.165, 1.54) is 25.9 Å². The molecular formula is C12H18Cl2N4. The second-order valence-corrected chi connectivity index (χ2v) is 5.38. The minimum atomic E-state index is 0.364. The first-order valence-electron chi connectivity index (χ1n) is 6.34. The van der Waals surface area contributed by atoms with E-state index in [0.29, 0.717) is 16.2 Å². The zero-order valence-electron chi connectivity index (χ0n) is 10.5. The summed E-state index contributed by atoms with van der Waals surface area (Å²) >= 11 is 11.8. The van der Waals surface area contributed by atoms with Crippen molar-refractivity contribution < 1.29 is 0 Å². The molecule has 2 heterocycles. The first-order valence-corrected chi connectivity index (χ1v) is 7.09. The number of halogens is 2. The molecule has 0 bridgehead atoms. The maximum atomic E-state index is 5.96. The van der Waals surface area contributed by atoms with Gasteiger partial charge in [-0.1, -0.05) is 30.1 Å². The van der Waals surface area contributed by atoms with Gasteiger partial charge in [0.15, 0.2) is 10.3 Å². The van der Waals surface area contributed by atoms with Crippen molar-refractivity contribution in [1.29, 1.82) is 0 Å². The van der Waals surface area contributed by atoms with Gasteiger partial charge in [0.1, 0.15) is 0 Å². The van der Waals surface area contributed by atoms with Gasteiger partial charge in [-0.25, -0.2) is 0 Å². The van der Waals surface area contributed by atoms with E-state index in [9.17, 15) is 0 Å². The molecule has 18 heavy (non-hydrogen) atoms. The minimum absolute atomic E-state index is 0.364. The first-order chi connectivity index (χ1) is 8.69. The molecule has 0 aromatic carbocycles. The van der Waals surface area contributed by atoms with E-state index in [-0.39, 0.29) is 0 Å². The van der Waals surface area contributed by atoms with E-state index in [4.69, 9.17) is 23.2 Å². The van der Waals surface area contributed by atoms with Gasteiger partial charge in [0.05, 0.1) is 5.69 Å². The molecule has 0 aliphatic carbocycles. The van der Waals surface area contributed by atoms with E-state index in [1.54, 1.807) is 6.07 Å². The Hall–Kier alpha value is -0.580. The van der Waals surface area contributed by atoms with Crippen LogP contribution in [-0.4, -0.2) is 41.3 Å². The van der Waals surface area contributed by atoms with Crippen molar-refractivity contribution in [3.8, 4) is 0 Å². The lowest BCUT2D eigenvalue weighted by Crippen LogP contribution is -2.35. The van der Waals surface area contributed by atoms with Gasteiger partial charge in [0, 0.05) is 12.6 Å². The maximum absolute atomic E-state index is 5.96. The number of nitrogens with zero attached hydrogens (tertiary/aromatic N) is 3. The fraction of sp³-hybridized carbons (Fsp3) is 0.667. The summed E-state index contributed by atoms with van der Waals surface area (Å²) in [5, 5.41) is 11.5. The number of likely N-dealkylation sites (tertiary alicyclic amines) is 1. The van der Waals surface area contributed by atoms with Crippen LogP contribution in [0, 0.1) is 5.92 Å². The summed E-state index contributed by atoms with van der Waals surface area (Å²) in [5.41, 5.74) is 0.773. The standard InChI is InChI=1S/C12H18Cl2N4/c1-2-18-5-3-9(4-6-18)8-15-10-7-11(13)16-17-12(10)14/h7,9H,2-6,8H2,1H3,(H,15,16). The van der Waals surface area contributed by atoms with Crippen molar-refractivity contribution in [2.24, 2.45) is 5.92 Å². The second kappa shape index (κ2) is 6.55. The molecule has 1 fully saturated rings. The quantitative estimate of drug-likeness (QED) is 0.925. The van der Waals surface area contributed by atoms with E-state index < -0.39 is 0 Å². The number of hydrogen-bond acceptors (Lipinski definition) is 4. The second-order valence-electron chi connectivity index (χ2n) is 4.63. The van der Waals surface area contributed by atoms with Crippen molar-refractivity contribution in [2.45, 2.75) is 19.8 Å². The minimum Gasteiger partial charge on any atom is -0.382 e. The lowest BCUT2D eigenvalue weighted by Gasteiger charge is -2.31. The van der Waals surface area contributed by atoms with Crippen molar-refractivity contribution >= 4 is 28.9 Å². The van der Waals surface area contributed by atoms with E-state index >= 15 is 0 Å². The highest BCUT2D eigenvalue weighted by Gasteiger charge is 2.18. The number of nitrogens with one attached hydrogen (secondary N) is 1. The average Bonchev–Trinajstić information content (AvgIpc) is 2.40. The molecule has 0 amide bonds. The van der Waals surface area contributed by atoms with Crippen LogP contribution in [0.15, 0.2) is 6.07 Å². The maximum Gasteiger partial charge on any atom is 0.174 e. The SMILES string of the molecule is CCN1CCC(CNc2cc(Cl)nnc2Cl)CC1. The monoisotopic (exact) mass is 288 g/mol. The smallest absolute Gasteiger partial charge is 0.174 e. The number of piperidine rings is 1. The van der Waals surface area contributed by atoms with Crippen molar-refractivity contribution in [3.05, 3.63) is 16.4 Å². The number of aromatic nitrogens is 2. The Balaban J connectivity index is 1.83. The highest BCUT2D eigenvalue weighted by Crippen LogP contribution is 2.23. The Morgan fingerprint density at radius 2 is 2.06 bits per heavy atom. The third kappa shape index (κ3) is 3.70. The van der Waals surface area contributed by atoms with Crippen LogP contribution >= 0.6 is 23.2 Å². The third-order valence-electron chi connectivity index (χ3n) is 3.45. The summed E-state index contributed by atoms with van der Waals surface area (Å²) in [6, 6.07) is 1.72. The van der Waals surface area contributed by atoms with Gasteiger partial charge in [0.2, 0.25) is 0 Å². The highest BCUT2D eigenvalue weighted by atomic mass is 35.5. The number of anilines is 1. The lowest BCUT2D eigenvalue weighted by molar-refractivity contribution is 0.198. The number of hydrogen-bond donors (Lipinski definition) is 1. The summed E-state index contributed by atoms with van der Waals surface area (Å²) < 4.78 is 0. The Morgan fingerprint density at radius 1 is 1.33 bits per heavy atom. The molecule has 100 valence electrons. The molecule has 1 aromatic rings. The first kappa shape index (κ1) is 13.8. The fourth-order valence-corrected chi connectivity index (χ4v) is 2.54. The molecule has 1 aromatic heterocycles. The molecule has 0 spiro atoms. The Kier molecular flexibility index (Phi) is 5.03. The van der Waals surface area contributed by atoms with Gasteiger partial charge >= 0.3 is 0 Å². The van der Waals surface area contributed by atoms with Crippen LogP contribution in [0.4, 0.5) is 5.69 Å². The van der Waals surface area contributed by atoms with Crippen LogP contribution in [-0.2, 0) is 0 Å². The van der Waals surface area contributed by atoms with Crippen LogP contribution in [0.3, 0.4) is 0 Å². The lowest BCUT2D eigenvalue weighted by atomic mass is 9.97. The molecule has 0 radical (unpaired) electrons. The Labute approximate surface area is 118 Å². The molecule has 6 heteroatoms. The van der Waals surface area contributed by atoms with Gasteiger partial charge in [0.25, 0.3) is 0 Å². The Morgan fingerprint density at radius 3 is 2.72 bits per heavy atom. The third-order valence-corrected chi connectivity index (χ3v) is 3.92. The zero-order valence-corrected chi connectivity index (χ0v) is 12.0. The zero-order chi connectivity index (χ0) is 13.0. The highest BCUT2D eigenvalue weighted by molar-refractivity contribution is 6.33. The molecule has 0 unspecified atom stereocenters. The predicted molar refractivity (Wildman–Crippen MR) is 75.4 cm³/mol. The van der Waals surface area contributed by atoms with Crippen LogP contribution in [0.5, 0.6) is 0 Å². The largest absolute Gasteiger partial charge is 0.382 e. The van der Waals surface area contributed by atoms with Gasteiger partial charge in [-0.3, -0.25) is 0 Å². The van der Waals surface area contributed by atoms with Crippen LogP contribution in [0.25, 0.3) is 0 Å². The molecule has 2 rings (SSSR count). The van der Waals surface area contributed by atoms with Crippen molar-refractivity contribution in [3.63, 3.8) is 0 Å². The molecular weight excluding hydrogens is 271 g/mol. The molecule has 0 atom stereocenters. The predicted octanol–water partition coefficient (Wildman–Crippen LogP) is 2.93. The number of rotatable bonds is 4. The summed E-state index contributed by atoms with van der Waals surface area (Å²) in [6.45, 7) is 6.65. The normalized spacial score (nSPS) is 17.9. The van der Waals surface area contributed by atoms with E-state index in [2.05, 4.69) is 27.3 Å². The Bertz CT molecular complexity index is 392. The molecule has 1 saturated heterocycles. The van der Waals surface area contributed by atoms with Gasteiger partial charge in [-0.15, -0.1) is 10.2 Å². The summed E-state index contributed by atoms with van der Waals surface area (Å²) in [7, 11) is 0. The fourth-order valence-electron chi connectivity index (χ4n) is 2.24. The average molecular weight is 289 g/mol. The molecule has 4 nitrogen and oxygen atoms in total. The van der Waals surface area contributed by atoms with Crippen LogP contribution in [0.2, 0.25) is 10.3 Å². The summed E-state index contributed by atoms with van der Waals surface area (Å²) in [5.74, 6) is 0.691. The van der Waals surface area contributed by atoms with Crippen molar-refractivity contribution in [1.82, 2.24) is 15.1 Å². The van der Waals surface area contributed by atoms with Gasteiger partial charge in [-0.05, 0) is 38.4 Å². The van der Waals surface area contributed by atoms with Crippen LogP contribution < -0.4 is 5.32 Å². The summed E-state index contributed by atoms with van der Waals surface area (Å²) in [4.78, 5) is 2.48. The van der Waals surface area contributed by atoms with Gasteiger partial charge < -0.3 is 10.2 Å². The van der Waals surface area contributed by atoms with E-state index in [1.807, 2.05) is 0 Å². The molecule has 1 N–H and O–H groups in total. The van der Waals surface area contributed by atoms with E-state index in [0.717, 1.165) is 18.8 Å². The molecule has 1 aliphatic rings. The topological polar surface area (TPSA) is 41.0 Å². The van der Waals surface area contributed by atoms with Crippen LogP contribution in [0.1, 0.15) is 19.8 Å². The van der Waals surface area contributed by atoms with Crippen molar-refractivity contribution in [2.75, 3.05) is 31.5 Å². The summed E-state index contributed by atoms with van der Waals surface area (Å²) in [6.07, 6.45) is 2.45. The molecule has 1 aliphatic heterocycles. The van der Waals surface area contributed by atoms with Gasteiger partial charge in [-0.2, -0.15) is 0 Å². The molecule has 0 saturated carbocycles.